The van der Waals surface area contributed by atoms with Gasteiger partial charge in [-0.05, 0) is 32.3 Å². The minimum absolute atomic E-state index is 0.413. The van der Waals surface area contributed by atoms with Gasteiger partial charge in [0.25, 0.3) is 5.91 Å². The van der Waals surface area contributed by atoms with E-state index in [-0.39, 0.29) is 0 Å². The molecule has 0 aliphatic carbocycles. The molecule has 1 amide bonds. The van der Waals surface area contributed by atoms with E-state index in [4.69, 9.17) is 0 Å². The Morgan fingerprint density at radius 1 is 1.19 bits per heavy atom. The van der Waals surface area contributed by atoms with Crippen molar-refractivity contribution in [1.29, 1.82) is 0 Å². The Balaban J connectivity index is 1.79. The quantitative estimate of drug-likeness (QED) is 0.484. The first-order valence-corrected chi connectivity index (χ1v) is 6.97. The summed E-state index contributed by atoms with van der Waals surface area (Å²) in [5.41, 5.74) is 3.63. The van der Waals surface area contributed by atoms with Crippen LogP contribution in [0.15, 0.2) is 30.3 Å². The predicted octanol–water partition coefficient (Wildman–Crippen LogP) is 1.96. The fraction of sp³-hybridized carbons (Fsp3) is 0.312. The number of aryl methyl sites for hydroxylation is 2. The predicted molar refractivity (Wildman–Crippen MR) is 80.2 cm³/mol. The van der Waals surface area contributed by atoms with Gasteiger partial charge >= 0.3 is 0 Å². The number of aromatic amines is 1. The standard InChI is InChI=1S/C16H19N3O2/c1-11-14(12(2)19-18-11)9-6-10-17-16(21)15(20)13-7-4-3-5-8-13/h3-5,7-8H,6,9-10H2,1-2H3,(H,17,21)(H,18,19). The number of amides is 1. The summed E-state index contributed by atoms with van der Waals surface area (Å²) in [5.74, 6) is -1.05. The van der Waals surface area contributed by atoms with Crippen molar-refractivity contribution in [3.8, 4) is 0 Å². The third kappa shape index (κ3) is 3.78. The van der Waals surface area contributed by atoms with E-state index in [1.165, 1.54) is 5.56 Å². The van der Waals surface area contributed by atoms with Crippen LogP contribution in [0.2, 0.25) is 0 Å². The van der Waals surface area contributed by atoms with E-state index in [1.54, 1.807) is 24.3 Å². The maximum absolute atomic E-state index is 11.8. The van der Waals surface area contributed by atoms with E-state index in [2.05, 4.69) is 15.5 Å². The van der Waals surface area contributed by atoms with Crippen molar-refractivity contribution in [1.82, 2.24) is 15.5 Å². The van der Waals surface area contributed by atoms with E-state index in [1.807, 2.05) is 19.9 Å². The van der Waals surface area contributed by atoms with Crippen molar-refractivity contribution in [2.45, 2.75) is 26.7 Å². The van der Waals surface area contributed by atoms with Crippen molar-refractivity contribution in [2.24, 2.45) is 0 Å². The zero-order valence-electron chi connectivity index (χ0n) is 12.3. The molecule has 5 nitrogen and oxygen atoms in total. The van der Waals surface area contributed by atoms with Crippen LogP contribution in [0.25, 0.3) is 0 Å². The van der Waals surface area contributed by atoms with Gasteiger partial charge in [0.2, 0.25) is 5.78 Å². The van der Waals surface area contributed by atoms with Crippen LogP contribution in [0.5, 0.6) is 0 Å². The summed E-state index contributed by atoms with van der Waals surface area (Å²) in [4.78, 5) is 23.6. The molecule has 1 aromatic carbocycles. The maximum atomic E-state index is 11.8. The van der Waals surface area contributed by atoms with E-state index >= 15 is 0 Å². The lowest BCUT2D eigenvalue weighted by molar-refractivity contribution is -0.117. The fourth-order valence-electron chi connectivity index (χ4n) is 2.21. The van der Waals surface area contributed by atoms with Gasteiger partial charge in [-0.15, -0.1) is 0 Å². The van der Waals surface area contributed by atoms with Crippen molar-refractivity contribution < 1.29 is 9.59 Å². The molecule has 1 aromatic heterocycles. The molecule has 0 radical (unpaired) electrons. The molecule has 0 aliphatic heterocycles. The molecule has 0 spiro atoms. The molecule has 0 saturated carbocycles. The highest BCUT2D eigenvalue weighted by molar-refractivity contribution is 6.42. The summed E-state index contributed by atoms with van der Waals surface area (Å²) in [6.07, 6.45) is 1.60. The third-order valence-electron chi connectivity index (χ3n) is 3.41. The average Bonchev–Trinajstić information content (AvgIpc) is 2.82. The summed E-state index contributed by atoms with van der Waals surface area (Å²) < 4.78 is 0. The van der Waals surface area contributed by atoms with Crippen LogP contribution >= 0.6 is 0 Å². The number of nitrogens with zero attached hydrogens (tertiary/aromatic N) is 1. The zero-order valence-corrected chi connectivity index (χ0v) is 12.3. The third-order valence-corrected chi connectivity index (χ3v) is 3.41. The number of ketones is 1. The Hall–Kier alpha value is -2.43. The molecule has 2 rings (SSSR count). The Kier molecular flexibility index (Phi) is 4.87. The molecule has 1 heterocycles. The van der Waals surface area contributed by atoms with Crippen LogP contribution in [0.1, 0.15) is 33.7 Å². The van der Waals surface area contributed by atoms with E-state index in [9.17, 15) is 9.59 Å². The van der Waals surface area contributed by atoms with Gasteiger partial charge in [-0.3, -0.25) is 14.7 Å². The molecule has 0 fully saturated rings. The number of rotatable bonds is 6. The van der Waals surface area contributed by atoms with Crippen LogP contribution in [-0.2, 0) is 11.2 Å². The first kappa shape index (κ1) is 15.0. The molecule has 110 valence electrons. The zero-order chi connectivity index (χ0) is 15.2. The first-order chi connectivity index (χ1) is 10.1. The number of Topliss-reactive ketones (excluding diaryl/α,β-unsaturated/α-hetero) is 1. The molecule has 0 unspecified atom stereocenters. The van der Waals surface area contributed by atoms with Gasteiger partial charge in [-0.1, -0.05) is 30.3 Å². The van der Waals surface area contributed by atoms with Crippen LogP contribution in [-0.4, -0.2) is 28.4 Å². The van der Waals surface area contributed by atoms with Crippen molar-refractivity contribution in [3.05, 3.63) is 52.8 Å². The number of hydrogen-bond acceptors (Lipinski definition) is 3. The lowest BCUT2D eigenvalue weighted by atomic mass is 10.1. The molecular formula is C16H19N3O2. The molecule has 21 heavy (non-hydrogen) atoms. The van der Waals surface area contributed by atoms with Gasteiger partial charge in [0.15, 0.2) is 0 Å². The second-order valence-electron chi connectivity index (χ2n) is 4.97. The Morgan fingerprint density at radius 2 is 1.90 bits per heavy atom. The van der Waals surface area contributed by atoms with Crippen molar-refractivity contribution in [2.75, 3.05) is 6.54 Å². The minimum atomic E-state index is -0.554. The maximum Gasteiger partial charge on any atom is 0.292 e. The normalized spacial score (nSPS) is 10.4. The highest BCUT2D eigenvalue weighted by atomic mass is 16.2. The second-order valence-corrected chi connectivity index (χ2v) is 4.97. The van der Waals surface area contributed by atoms with E-state index in [0.717, 1.165) is 24.2 Å². The topological polar surface area (TPSA) is 74.8 Å². The number of hydrogen-bond donors (Lipinski definition) is 2. The fourth-order valence-corrected chi connectivity index (χ4v) is 2.21. The van der Waals surface area contributed by atoms with Gasteiger partial charge in [-0.25, -0.2) is 0 Å². The minimum Gasteiger partial charge on any atom is -0.349 e. The highest BCUT2D eigenvalue weighted by Gasteiger charge is 2.15. The van der Waals surface area contributed by atoms with E-state index in [0.29, 0.717) is 12.1 Å². The van der Waals surface area contributed by atoms with E-state index < -0.39 is 11.7 Å². The number of carbonyl (C=O) groups excluding carboxylic acids is 2. The van der Waals surface area contributed by atoms with Crippen LogP contribution in [0.3, 0.4) is 0 Å². The van der Waals surface area contributed by atoms with Gasteiger partial charge in [0.1, 0.15) is 0 Å². The average molecular weight is 285 g/mol. The molecule has 0 saturated heterocycles. The summed E-state index contributed by atoms with van der Waals surface area (Å²) in [6, 6.07) is 8.57. The van der Waals surface area contributed by atoms with Crippen LogP contribution < -0.4 is 5.32 Å². The summed E-state index contributed by atoms with van der Waals surface area (Å²) in [7, 11) is 0. The lowest BCUT2D eigenvalue weighted by Crippen LogP contribution is -2.32. The van der Waals surface area contributed by atoms with Crippen LogP contribution in [0, 0.1) is 13.8 Å². The first-order valence-electron chi connectivity index (χ1n) is 6.97. The number of nitrogens with one attached hydrogen (secondary N) is 2. The van der Waals surface area contributed by atoms with Gasteiger partial charge in [0.05, 0.1) is 5.69 Å². The monoisotopic (exact) mass is 285 g/mol. The Morgan fingerprint density at radius 3 is 2.52 bits per heavy atom. The van der Waals surface area contributed by atoms with Crippen molar-refractivity contribution in [3.63, 3.8) is 0 Å². The second kappa shape index (κ2) is 6.83. The molecule has 0 aliphatic rings. The number of benzene rings is 1. The van der Waals surface area contributed by atoms with Gasteiger partial charge in [-0.2, -0.15) is 5.10 Å². The SMILES string of the molecule is Cc1n[nH]c(C)c1CCCNC(=O)C(=O)c1ccccc1. The number of carbonyl (C=O) groups is 2. The molecule has 2 aromatic rings. The lowest BCUT2D eigenvalue weighted by Gasteiger charge is -2.05. The molecule has 5 heteroatoms. The van der Waals surface area contributed by atoms with Crippen LogP contribution in [0.4, 0.5) is 0 Å². The largest absolute Gasteiger partial charge is 0.349 e. The summed E-state index contributed by atoms with van der Waals surface area (Å²) in [6.45, 7) is 4.41. The smallest absolute Gasteiger partial charge is 0.292 e. The number of aromatic nitrogens is 2. The Labute approximate surface area is 123 Å². The molecule has 2 N–H and O–H groups in total. The Bertz CT molecular complexity index is 613. The molecule has 0 bridgehead atoms. The summed E-state index contributed by atoms with van der Waals surface area (Å²) in [5, 5.41) is 9.73. The highest BCUT2D eigenvalue weighted by Crippen LogP contribution is 2.11. The van der Waals surface area contributed by atoms with Gasteiger partial charge in [0, 0.05) is 17.8 Å². The molecular weight excluding hydrogens is 266 g/mol. The summed E-state index contributed by atoms with van der Waals surface area (Å²) >= 11 is 0. The molecule has 0 atom stereocenters. The van der Waals surface area contributed by atoms with Crippen molar-refractivity contribution >= 4 is 11.7 Å². The van der Waals surface area contributed by atoms with Gasteiger partial charge < -0.3 is 5.32 Å². The number of H-pyrrole nitrogens is 1.